The average molecular weight is 123 g/mol. The molecule has 3 nitrogen and oxygen atoms in total. The Labute approximate surface area is 44.8 Å². The molecule has 0 aromatic carbocycles. The molecule has 0 aliphatic rings. The van der Waals surface area contributed by atoms with Crippen molar-refractivity contribution >= 4 is 17.6 Å². The molecule has 0 aromatic heterocycles. The summed E-state index contributed by atoms with van der Waals surface area (Å²) < 4.78 is 0. The van der Waals surface area contributed by atoms with Crippen LogP contribution in [0.4, 0.5) is 0 Å². The summed E-state index contributed by atoms with van der Waals surface area (Å²) in [5.74, 6) is -1.33. The monoisotopic (exact) mass is 122 g/mol. The van der Waals surface area contributed by atoms with Crippen molar-refractivity contribution in [2.75, 3.05) is 0 Å². The number of carboxylic acid groups (broad SMARTS) is 1. The van der Waals surface area contributed by atoms with Gasteiger partial charge in [-0.05, 0) is 0 Å². The molecule has 0 saturated heterocycles. The average Bonchev–Trinajstić information content (AvgIpc) is 1.65. The van der Waals surface area contributed by atoms with Crippen molar-refractivity contribution in [3.05, 3.63) is 11.3 Å². The highest BCUT2D eigenvalue weighted by molar-refractivity contribution is 6.40. The summed E-state index contributed by atoms with van der Waals surface area (Å²) in [6.07, 6.45) is 0.323. The quantitative estimate of drug-likeness (QED) is 0.398. The number of halogens is 1. The molecule has 0 fully saturated rings. The van der Waals surface area contributed by atoms with Crippen LogP contribution in [0.5, 0.6) is 0 Å². The molecule has 0 aromatic rings. The van der Waals surface area contributed by atoms with E-state index in [1.807, 2.05) is 0 Å². The number of aliphatic hydroxyl groups is 1. The summed E-state index contributed by atoms with van der Waals surface area (Å²) in [7, 11) is 0. The van der Waals surface area contributed by atoms with Crippen molar-refractivity contribution in [1.29, 1.82) is 0 Å². The number of rotatable bonds is 1. The fraction of sp³-hybridized carbons (Fsp3) is 0. The van der Waals surface area contributed by atoms with E-state index >= 15 is 0 Å². The molecule has 0 amide bonds. The van der Waals surface area contributed by atoms with E-state index in [1.165, 1.54) is 0 Å². The Morgan fingerprint density at radius 3 is 2.14 bits per heavy atom. The van der Waals surface area contributed by atoms with Crippen molar-refractivity contribution in [2.45, 2.75) is 0 Å². The first-order valence-electron chi connectivity index (χ1n) is 1.41. The molecular weight excluding hydrogens is 119 g/mol. The van der Waals surface area contributed by atoms with Crippen LogP contribution in [0.1, 0.15) is 0 Å². The highest BCUT2D eigenvalue weighted by Gasteiger charge is 1.99. The van der Waals surface area contributed by atoms with Crippen LogP contribution < -0.4 is 0 Å². The van der Waals surface area contributed by atoms with Crippen LogP contribution in [-0.2, 0) is 4.79 Å². The zero-order valence-electron chi connectivity index (χ0n) is 3.26. The SMILES string of the molecule is O=C(O)/C(Cl)=C\O. The van der Waals surface area contributed by atoms with Gasteiger partial charge >= 0.3 is 5.97 Å². The topological polar surface area (TPSA) is 57.5 Å². The molecule has 0 aliphatic carbocycles. The van der Waals surface area contributed by atoms with E-state index in [2.05, 4.69) is 0 Å². The van der Waals surface area contributed by atoms with E-state index < -0.39 is 11.0 Å². The number of carboxylic acids is 1. The maximum atomic E-state index is 9.57. The Kier molecular flexibility index (Phi) is 2.22. The minimum absolute atomic E-state index is 0.323. The molecular formula is C3H3ClO3. The number of hydrogen-bond acceptors (Lipinski definition) is 2. The molecule has 0 saturated carbocycles. The molecule has 0 unspecified atom stereocenters. The van der Waals surface area contributed by atoms with Crippen molar-refractivity contribution in [3.8, 4) is 0 Å². The maximum Gasteiger partial charge on any atom is 0.350 e. The number of hydrogen-bond donors (Lipinski definition) is 2. The van der Waals surface area contributed by atoms with E-state index in [-0.39, 0.29) is 0 Å². The van der Waals surface area contributed by atoms with Crippen LogP contribution in [-0.4, -0.2) is 16.2 Å². The predicted octanol–water partition coefficient (Wildman–Crippen LogP) is 0.709. The van der Waals surface area contributed by atoms with Gasteiger partial charge in [-0.3, -0.25) is 0 Å². The van der Waals surface area contributed by atoms with E-state index in [4.69, 9.17) is 21.8 Å². The second-order valence-corrected chi connectivity index (χ2v) is 1.19. The summed E-state index contributed by atoms with van der Waals surface area (Å²) in [5, 5.41) is 15.1. The smallest absolute Gasteiger partial charge is 0.350 e. The maximum absolute atomic E-state index is 9.57. The van der Waals surface area contributed by atoms with E-state index in [0.29, 0.717) is 6.26 Å². The molecule has 0 heterocycles. The lowest BCUT2D eigenvalue weighted by molar-refractivity contribution is -0.132. The summed E-state index contributed by atoms with van der Waals surface area (Å²) in [6.45, 7) is 0. The lowest BCUT2D eigenvalue weighted by Gasteiger charge is -1.80. The summed E-state index contributed by atoms with van der Waals surface area (Å²) in [6, 6.07) is 0. The van der Waals surface area contributed by atoms with Crippen LogP contribution in [0.3, 0.4) is 0 Å². The van der Waals surface area contributed by atoms with E-state index in [1.54, 1.807) is 0 Å². The fourth-order valence-corrected chi connectivity index (χ4v) is 0.0552. The molecule has 0 aliphatic heterocycles. The van der Waals surface area contributed by atoms with Crippen molar-refractivity contribution < 1.29 is 15.0 Å². The van der Waals surface area contributed by atoms with Crippen LogP contribution in [0.25, 0.3) is 0 Å². The molecule has 40 valence electrons. The van der Waals surface area contributed by atoms with Crippen LogP contribution in [0.15, 0.2) is 11.3 Å². The molecule has 0 rings (SSSR count). The molecule has 7 heavy (non-hydrogen) atoms. The van der Waals surface area contributed by atoms with Gasteiger partial charge in [0.15, 0.2) is 5.03 Å². The van der Waals surface area contributed by atoms with Gasteiger partial charge in [0.2, 0.25) is 0 Å². The Morgan fingerprint density at radius 2 is 2.14 bits per heavy atom. The van der Waals surface area contributed by atoms with Crippen molar-refractivity contribution in [3.63, 3.8) is 0 Å². The lowest BCUT2D eigenvalue weighted by atomic mass is 10.6. The molecule has 0 radical (unpaired) electrons. The van der Waals surface area contributed by atoms with E-state index in [9.17, 15) is 4.79 Å². The third-order valence-corrected chi connectivity index (χ3v) is 0.577. The Morgan fingerprint density at radius 1 is 1.71 bits per heavy atom. The van der Waals surface area contributed by atoms with E-state index in [0.717, 1.165) is 0 Å². The van der Waals surface area contributed by atoms with Gasteiger partial charge in [-0.2, -0.15) is 0 Å². The molecule has 0 atom stereocenters. The molecule has 0 spiro atoms. The third-order valence-electron chi connectivity index (χ3n) is 0.318. The van der Waals surface area contributed by atoms with Gasteiger partial charge in [-0.15, -0.1) is 0 Å². The zero-order valence-corrected chi connectivity index (χ0v) is 4.01. The normalized spacial score (nSPS) is 11.3. The van der Waals surface area contributed by atoms with Crippen LogP contribution >= 0.6 is 11.6 Å². The minimum Gasteiger partial charge on any atom is -0.514 e. The van der Waals surface area contributed by atoms with Crippen LogP contribution in [0.2, 0.25) is 0 Å². The number of carbonyl (C=O) groups is 1. The van der Waals surface area contributed by atoms with Gasteiger partial charge < -0.3 is 10.2 Å². The van der Waals surface area contributed by atoms with Gasteiger partial charge in [0.1, 0.15) is 6.26 Å². The third kappa shape index (κ3) is 2.05. The first-order chi connectivity index (χ1) is 3.18. The predicted molar refractivity (Wildman–Crippen MR) is 24.2 cm³/mol. The summed E-state index contributed by atoms with van der Waals surface area (Å²) >= 11 is 4.81. The number of aliphatic hydroxyl groups excluding tert-OH is 1. The summed E-state index contributed by atoms with van der Waals surface area (Å²) in [4.78, 5) is 9.57. The Balaban J connectivity index is 3.82. The summed E-state index contributed by atoms with van der Waals surface area (Å²) in [5.41, 5.74) is 0. The van der Waals surface area contributed by atoms with Gasteiger partial charge in [0.05, 0.1) is 0 Å². The van der Waals surface area contributed by atoms with Gasteiger partial charge in [-0.1, -0.05) is 11.6 Å². The first-order valence-corrected chi connectivity index (χ1v) is 1.79. The second-order valence-electron chi connectivity index (χ2n) is 0.782. The van der Waals surface area contributed by atoms with Crippen molar-refractivity contribution in [2.24, 2.45) is 0 Å². The Bertz CT molecular complexity index is 107. The standard InChI is InChI=1S/C3H3ClO3/c4-2(1-5)3(6)7/h1,5H,(H,6,7)/b2-1+. The second kappa shape index (κ2) is 2.47. The zero-order chi connectivity index (χ0) is 5.86. The highest BCUT2D eigenvalue weighted by atomic mass is 35.5. The molecule has 4 heteroatoms. The van der Waals surface area contributed by atoms with Gasteiger partial charge in [0, 0.05) is 0 Å². The van der Waals surface area contributed by atoms with Crippen molar-refractivity contribution in [1.82, 2.24) is 0 Å². The fourth-order valence-electron chi connectivity index (χ4n) is 0.0552. The molecule has 0 bridgehead atoms. The highest BCUT2D eigenvalue weighted by Crippen LogP contribution is 1.96. The minimum atomic E-state index is -1.33. The largest absolute Gasteiger partial charge is 0.514 e. The first kappa shape index (κ1) is 6.30. The number of aliphatic carboxylic acids is 1. The molecule has 2 N–H and O–H groups in total. The van der Waals surface area contributed by atoms with Gasteiger partial charge in [-0.25, -0.2) is 4.79 Å². The Hall–Kier alpha value is -0.700. The lowest BCUT2D eigenvalue weighted by Crippen LogP contribution is -1.92. The van der Waals surface area contributed by atoms with Gasteiger partial charge in [0.25, 0.3) is 0 Å². The van der Waals surface area contributed by atoms with Crippen LogP contribution in [0, 0.1) is 0 Å².